The molecule has 1 fully saturated rings. The molecule has 4 rings (SSSR count). The molecule has 11 heteroatoms. The molecule has 1 aromatic heterocycles. The van der Waals surface area contributed by atoms with Gasteiger partial charge in [-0.15, -0.1) is 0 Å². The van der Waals surface area contributed by atoms with Gasteiger partial charge in [-0.05, 0) is 79.1 Å². The standard InChI is InChI=1S/C30H40N4O6S/c1-33(41(31,38)39)18-8-4-7-17-32-27(35)20-34-26-19-23(30(36)37)13-16-25(26)28(21-9-5-3-6-10-21)29(34)22-11-14-24(40-2)15-12-22/h11-16,19,21H,3-10,17-18,20H2,1-2H3,(H,32,35)(H,36,37)(H2,31,38,39). The fraction of sp³-hybridized carbons (Fsp3) is 0.467. The lowest BCUT2D eigenvalue weighted by molar-refractivity contribution is -0.121. The SMILES string of the molecule is COc1ccc(-c2c(C3CCCCC3)c3ccc(C(=O)O)cc3n2CC(=O)NCCCCCN(C)S(N)(=O)=O)cc1. The number of ether oxygens (including phenoxy) is 1. The van der Waals surface area contributed by atoms with E-state index in [1.165, 1.54) is 19.0 Å². The van der Waals surface area contributed by atoms with Crippen LogP contribution in [0.5, 0.6) is 5.75 Å². The van der Waals surface area contributed by atoms with Gasteiger partial charge in [0.2, 0.25) is 5.91 Å². The second kappa shape index (κ2) is 13.5. The maximum Gasteiger partial charge on any atom is 0.335 e. The summed E-state index contributed by atoms with van der Waals surface area (Å²) in [6.07, 6.45) is 7.65. The quantitative estimate of drug-likeness (QED) is 0.253. The molecule has 0 aliphatic heterocycles. The highest BCUT2D eigenvalue weighted by Gasteiger charge is 2.28. The fourth-order valence-electron chi connectivity index (χ4n) is 5.73. The van der Waals surface area contributed by atoms with E-state index in [9.17, 15) is 23.1 Å². The first kappa shape index (κ1) is 30.5. The van der Waals surface area contributed by atoms with Crippen molar-refractivity contribution in [3.05, 3.63) is 53.6 Å². The number of amides is 1. The van der Waals surface area contributed by atoms with E-state index in [1.54, 1.807) is 19.2 Å². The van der Waals surface area contributed by atoms with E-state index in [0.717, 1.165) is 64.3 Å². The first-order valence-electron chi connectivity index (χ1n) is 14.1. The molecular formula is C30H40N4O6S. The summed E-state index contributed by atoms with van der Waals surface area (Å²) in [5.74, 6) is -0.132. The van der Waals surface area contributed by atoms with Gasteiger partial charge in [0, 0.05) is 25.5 Å². The number of aromatic nitrogens is 1. The van der Waals surface area contributed by atoms with E-state index < -0.39 is 16.2 Å². The zero-order valence-corrected chi connectivity index (χ0v) is 24.6. The summed E-state index contributed by atoms with van der Waals surface area (Å²) in [5.41, 5.74) is 3.98. The number of nitrogens with one attached hydrogen (secondary N) is 1. The van der Waals surface area contributed by atoms with Crippen LogP contribution in [0.1, 0.15) is 73.2 Å². The van der Waals surface area contributed by atoms with Crippen LogP contribution in [-0.4, -0.2) is 61.5 Å². The molecule has 10 nitrogen and oxygen atoms in total. The van der Waals surface area contributed by atoms with Crippen LogP contribution in [0.25, 0.3) is 22.2 Å². The summed E-state index contributed by atoms with van der Waals surface area (Å²) in [7, 11) is -0.629. The first-order valence-corrected chi connectivity index (χ1v) is 15.6. The van der Waals surface area contributed by atoms with Crippen LogP contribution in [0.2, 0.25) is 0 Å². The number of benzene rings is 2. The van der Waals surface area contributed by atoms with Gasteiger partial charge in [-0.2, -0.15) is 12.7 Å². The summed E-state index contributed by atoms with van der Waals surface area (Å²) in [6, 6.07) is 13.0. The summed E-state index contributed by atoms with van der Waals surface area (Å²) in [6.45, 7) is 0.815. The Labute approximate surface area is 241 Å². The molecule has 0 saturated heterocycles. The molecule has 1 amide bonds. The van der Waals surface area contributed by atoms with Gasteiger partial charge >= 0.3 is 5.97 Å². The normalized spacial score (nSPS) is 14.4. The van der Waals surface area contributed by atoms with Crippen molar-refractivity contribution < 1.29 is 27.9 Å². The lowest BCUT2D eigenvalue weighted by atomic mass is 9.82. The van der Waals surface area contributed by atoms with Crippen molar-refractivity contribution in [1.29, 1.82) is 0 Å². The van der Waals surface area contributed by atoms with Crippen LogP contribution in [0, 0.1) is 0 Å². The number of carboxylic acid groups (broad SMARTS) is 1. The average molecular weight is 585 g/mol. The molecule has 2 aromatic carbocycles. The fourth-order valence-corrected chi connectivity index (χ4v) is 6.11. The molecule has 1 saturated carbocycles. The third-order valence-electron chi connectivity index (χ3n) is 7.94. The highest BCUT2D eigenvalue weighted by molar-refractivity contribution is 7.86. The van der Waals surface area contributed by atoms with Gasteiger partial charge in [0.15, 0.2) is 0 Å². The van der Waals surface area contributed by atoms with Crippen molar-refractivity contribution in [2.75, 3.05) is 27.2 Å². The van der Waals surface area contributed by atoms with Gasteiger partial charge in [-0.3, -0.25) is 4.79 Å². The maximum atomic E-state index is 13.2. The smallest absolute Gasteiger partial charge is 0.335 e. The van der Waals surface area contributed by atoms with E-state index in [0.29, 0.717) is 31.8 Å². The van der Waals surface area contributed by atoms with Crippen LogP contribution < -0.4 is 15.2 Å². The van der Waals surface area contributed by atoms with Crippen molar-refractivity contribution >= 4 is 33.0 Å². The van der Waals surface area contributed by atoms with Gasteiger partial charge in [0.1, 0.15) is 12.3 Å². The van der Waals surface area contributed by atoms with Gasteiger partial charge in [0.05, 0.1) is 23.9 Å². The van der Waals surface area contributed by atoms with Crippen LogP contribution >= 0.6 is 0 Å². The third kappa shape index (κ3) is 7.46. The van der Waals surface area contributed by atoms with Crippen molar-refractivity contribution in [3.63, 3.8) is 0 Å². The number of rotatable bonds is 13. The predicted octanol–water partition coefficient (Wildman–Crippen LogP) is 4.48. The monoisotopic (exact) mass is 584 g/mol. The maximum absolute atomic E-state index is 13.2. The number of fused-ring (bicyclic) bond motifs is 1. The molecule has 1 aliphatic carbocycles. The van der Waals surface area contributed by atoms with Crippen LogP contribution in [0.15, 0.2) is 42.5 Å². The molecule has 222 valence electrons. The predicted molar refractivity (Wildman–Crippen MR) is 159 cm³/mol. The van der Waals surface area contributed by atoms with Gasteiger partial charge < -0.3 is 19.7 Å². The number of carbonyl (C=O) groups is 2. The summed E-state index contributed by atoms with van der Waals surface area (Å²) < 4.78 is 31.1. The van der Waals surface area contributed by atoms with Crippen molar-refractivity contribution in [2.24, 2.45) is 5.14 Å². The molecule has 0 radical (unpaired) electrons. The lowest BCUT2D eigenvalue weighted by Gasteiger charge is -2.24. The van der Waals surface area contributed by atoms with Gasteiger partial charge in [-0.25, -0.2) is 9.93 Å². The highest BCUT2D eigenvalue weighted by atomic mass is 32.2. The van der Waals surface area contributed by atoms with Gasteiger partial charge in [0.25, 0.3) is 10.2 Å². The number of carboxylic acids is 1. The van der Waals surface area contributed by atoms with E-state index in [4.69, 9.17) is 9.88 Å². The summed E-state index contributed by atoms with van der Waals surface area (Å²) >= 11 is 0. The molecule has 0 spiro atoms. The van der Waals surface area contributed by atoms with Crippen molar-refractivity contribution in [1.82, 2.24) is 14.2 Å². The molecular weight excluding hydrogens is 544 g/mol. The number of methoxy groups -OCH3 is 1. The average Bonchev–Trinajstić information content (AvgIpc) is 3.27. The Balaban J connectivity index is 1.63. The van der Waals surface area contributed by atoms with E-state index in [1.807, 2.05) is 34.9 Å². The lowest BCUT2D eigenvalue weighted by Crippen LogP contribution is -2.34. The number of unbranched alkanes of at least 4 members (excludes halogenated alkanes) is 2. The largest absolute Gasteiger partial charge is 0.497 e. The van der Waals surface area contributed by atoms with E-state index in [2.05, 4.69) is 5.32 Å². The Morgan fingerprint density at radius 1 is 1.07 bits per heavy atom. The number of nitrogens with two attached hydrogens (primary N) is 1. The first-order chi connectivity index (χ1) is 19.6. The minimum Gasteiger partial charge on any atom is -0.497 e. The minimum atomic E-state index is -3.69. The number of hydrogen-bond acceptors (Lipinski definition) is 5. The molecule has 0 bridgehead atoms. The molecule has 4 N–H and O–H groups in total. The summed E-state index contributed by atoms with van der Waals surface area (Å²) in [5, 5.41) is 18.8. The number of aromatic carboxylic acids is 1. The molecule has 3 aromatic rings. The topological polar surface area (TPSA) is 144 Å². The number of hydrogen-bond donors (Lipinski definition) is 3. The van der Waals surface area contributed by atoms with Crippen molar-refractivity contribution in [3.8, 4) is 17.0 Å². The zero-order chi connectivity index (χ0) is 29.6. The molecule has 41 heavy (non-hydrogen) atoms. The minimum absolute atomic E-state index is 0.0435. The van der Waals surface area contributed by atoms with Crippen LogP contribution in [-0.2, 0) is 21.5 Å². The Kier molecular flexibility index (Phi) is 10.1. The molecule has 1 aliphatic rings. The molecule has 1 heterocycles. The second-order valence-corrected chi connectivity index (χ2v) is 12.4. The Morgan fingerprint density at radius 3 is 2.41 bits per heavy atom. The number of nitrogens with zero attached hydrogens (tertiary/aromatic N) is 2. The molecule has 0 atom stereocenters. The summed E-state index contributed by atoms with van der Waals surface area (Å²) in [4.78, 5) is 25.1. The highest BCUT2D eigenvalue weighted by Crippen LogP contribution is 2.44. The molecule has 0 unspecified atom stereocenters. The Bertz CT molecular complexity index is 1480. The van der Waals surface area contributed by atoms with E-state index >= 15 is 0 Å². The van der Waals surface area contributed by atoms with Crippen LogP contribution in [0.4, 0.5) is 0 Å². The van der Waals surface area contributed by atoms with E-state index in [-0.39, 0.29) is 18.0 Å². The second-order valence-electron chi connectivity index (χ2n) is 10.7. The zero-order valence-electron chi connectivity index (χ0n) is 23.8. The number of carbonyl (C=O) groups excluding carboxylic acids is 1. The van der Waals surface area contributed by atoms with Crippen molar-refractivity contribution in [2.45, 2.75) is 63.8 Å². The van der Waals surface area contributed by atoms with Gasteiger partial charge in [-0.1, -0.05) is 31.7 Å². The third-order valence-corrected chi connectivity index (χ3v) is 8.99. The Hall–Kier alpha value is -3.41. The van der Waals surface area contributed by atoms with Crippen LogP contribution in [0.3, 0.4) is 0 Å². The Morgan fingerprint density at radius 2 is 1.78 bits per heavy atom.